The topological polar surface area (TPSA) is 64.1 Å². The van der Waals surface area contributed by atoms with Crippen LogP contribution in [0.25, 0.3) is 83.6 Å². The third-order valence-electron chi connectivity index (χ3n) is 13.8. The van der Waals surface area contributed by atoms with Gasteiger partial charge in [-0.15, -0.1) is 29.3 Å². The summed E-state index contributed by atoms with van der Waals surface area (Å²) in [5.41, 5.74) is 14.9. The number of hydrogen-bond donors (Lipinski definition) is 1. The van der Waals surface area contributed by atoms with Crippen LogP contribution in [0.5, 0.6) is 5.75 Å². The first kappa shape index (κ1) is 47.5. The molecule has 10 rings (SSSR count). The molecule has 0 spiro atoms. The van der Waals surface area contributed by atoms with Gasteiger partial charge < -0.3 is 9.52 Å². The number of hydrogen-bond acceptors (Lipinski definition) is 4. The van der Waals surface area contributed by atoms with Gasteiger partial charge in [0, 0.05) is 60.3 Å². The fraction of sp³-hybridized carbons (Fsp3) is 0.238. The number of rotatable bonds is 7. The van der Waals surface area contributed by atoms with Gasteiger partial charge in [-0.05, 0) is 74.9 Å². The summed E-state index contributed by atoms with van der Waals surface area (Å²) in [6, 6.07) is 57.4. The second-order valence-electron chi connectivity index (χ2n) is 22.0. The van der Waals surface area contributed by atoms with Crippen molar-refractivity contribution in [2.24, 2.45) is 0 Å². The zero-order valence-electron chi connectivity index (χ0n) is 41.5. The molecule has 3 aromatic heterocycles. The van der Waals surface area contributed by atoms with Crippen molar-refractivity contribution >= 4 is 33.0 Å². The minimum Gasteiger partial charge on any atom is -0.507 e. The Labute approximate surface area is 421 Å². The Bertz CT molecular complexity index is 3540. The third-order valence-corrected chi connectivity index (χ3v) is 13.8. The fourth-order valence-electron chi connectivity index (χ4n) is 9.67. The molecular formula is C63H60N3O2Pt-. The number of imidazole rings is 1. The summed E-state index contributed by atoms with van der Waals surface area (Å²) in [4.78, 5) is 10.7. The van der Waals surface area contributed by atoms with E-state index >= 15 is 0 Å². The number of fused-ring (bicyclic) bond motifs is 4. The Morgan fingerprint density at radius 1 is 0.536 bits per heavy atom. The van der Waals surface area contributed by atoms with Crippen LogP contribution in [-0.2, 0) is 42.7 Å². The quantitative estimate of drug-likeness (QED) is 0.162. The van der Waals surface area contributed by atoms with Gasteiger partial charge >= 0.3 is 0 Å². The van der Waals surface area contributed by atoms with Crippen LogP contribution in [0.1, 0.15) is 104 Å². The Kier molecular flexibility index (Phi) is 12.0. The predicted octanol–water partition coefficient (Wildman–Crippen LogP) is 16.7. The minimum atomic E-state index is -0.401. The minimum absolute atomic E-state index is 0. The summed E-state index contributed by atoms with van der Waals surface area (Å²) in [7, 11) is 0. The first-order valence-electron chi connectivity index (χ1n) is 23.8. The Morgan fingerprint density at radius 2 is 1.19 bits per heavy atom. The molecule has 0 saturated heterocycles. The van der Waals surface area contributed by atoms with Gasteiger partial charge in [-0.3, -0.25) is 9.55 Å². The number of pyridine rings is 1. The van der Waals surface area contributed by atoms with E-state index in [-0.39, 0.29) is 43.1 Å². The molecular weight excluding hydrogens is 1030 g/mol. The van der Waals surface area contributed by atoms with Crippen LogP contribution in [0.15, 0.2) is 162 Å². The molecule has 0 aliphatic heterocycles. The largest absolute Gasteiger partial charge is 0.507 e. The van der Waals surface area contributed by atoms with Crippen molar-refractivity contribution in [1.29, 1.82) is 0 Å². The average molecular weight is 1090 g/mol. The van der Waals surface area contributed by atoms with E-state index < -0.39 is 5.41 Å². The van der Waals surface area contributed by atoms with Crippen molar-refractivity contribution in [3.63, 3.8) is 0 Å². The summed E-state index contributed by atoms with van der Waals surface area (Å²) >= 11 is 0. The molecule has 0 fully saturated rings. The third kappa shape index (κ3) is 8.54. The van der Waals surface area contributed by atoms with Crippen LogP contribution in [-0.4, -0.2) is 19.6 Å². The normalized spacial score (nSPS) is 12.5. The first-order valence-corrected chi connectivity index (χ1v) is 23.8. The predicted molar refractivity (Wildman–Crippen MR) is 283 cm³/mol. The molecule has 3 heterocycles. The molecule has 6 heteroatoms. The number of aromatic hydroxyl groups is 1. The van der Waals surface area contributed by atoms with Gasteiger partial charge in [0.1, 0.15) is 22.7 Å². The van der Waals surface area contributed by atoms with E-state index in [1.54, 1.807) is 0 Å². The molecule has 0 radical (unpaired) electrons. The molecule has 1 N–H and O–H groups in total. The molecule has 0 atom stereocenters. The van der Waals surface area contributed by atoms with Gasteiger partial charge in [-0.25, -0.2) is 4.98 Å². The molecule has 7 aromatic carbocycles. The number of phenols is 1. The van der Waals surface area contributed by atoms with Gasteiger partial charge in [-0.1, -0.05) is 190 Å². The van der Waals surface area contributed by atoms with E-state index in [1.807, 2.05) is 30.5 Å². The van der Waals surface area contributed by atoms with Gasteiger partial charge in [0.15, 0.2) is 0 Å². The van der Waals surface area contributed by atoms with Crippen LogP contribution in [0.2, 0.25) is 0 Å². The molecule has 69 heavy (non-hydrogen) atoms. The summed E-state index contributed by atoms with van der Waals surface area (Å²) in [5, 5.41) is 14.7. The Balaban J connectivity index is 0.00000593. The van der Waals surface area contributed by atoms with E-state index in [0.717, 1.165) is 88.9 Å². The number of para-hydroxylation sites is 2. The number of furan rings is 1. The maximum Gasteiger partial charge on any atom is 0.148 e. The van der Waals surface area contributed by atoms with Gasteiger partial charge in [-0.2, -0.15) is 0 Å². The second-order valence-corrected chi connectivity index (χ2v) is 22.0. The summed E-state index contributed by atoms with van der Waals surface area (Å²) < 4.78 is 8.89. The Hall–Kier alpha value is -6.55. The molecule has 10 aromatic rings. The maximum atomic E-state index is 12.6. The van der Waals surface area contributed by atoms with Crippen molar-refractivity contribution in [2.45, 2.75) is 97.8 Å². The van der Waals surface area contributed by atoms with E-state index in [9.17, 15) is 5.11 Å². The zero-order chi connectivity index (χ0) is 47.9. The fourth-order valence-corrected chi connectivity index (χ4v) is 9.67. The van der Waals surface area contributed by atoms with Crippen molar-refractivity contribution < 1.29 is 30.6 Å². The number of benzene rings is 7. The van der Waals surface area contributed by atoms with Crippen LogP contribution in [0, 0.1) is 6.07 Å². The molecule has 0 amide bonds. The molecule has 0 saturated carbocycles. The van der Waals surface area contributed by atoms with Gasteiger partial charge in [0.25, 0.3) is 0 Å². The smallest absolute Gasteiger partial charge is 0.148 e. The van der Waals surface area contributed by atoms with Crippen molar-refractivity contribution in [3.8, 4) is 56.3 Å². The summed E-state index contributed by atoms with van der Waals surface area (Å²) in [6.07, 6.45) is 1.87. The SMILES string of the molecule is CC(C)(C)c1ccc(-n2c(-c3cc(C(C)(C)C)cc(C(C)(C)C)c3O)nc3c(-c4[c-]c(-c5nccc6c5oc5ccccc56)cc(C(C)(C)c5ccccc5)c4)cccc32)c(-c2ccccc2)c1.[Pt]. The Morgan fingerprint density at radius 3 is 1.88 bits per heavy atom. The summed E-state index contributed by atoms with van der Waals surface area (Å²) in [5.74, 6) is 0.901. The van der Waals surface area contributed by atoms with E-state index in [4.69, 9.17) is 14.4 Å². The molecule has 0 aliphatic rings. The van der Waals surface area contributed by atoms with Gasteiger partial charge in [0.2, 0.25) is 0 Å². The van der Waals surface area contributed by atoms with Crippen LogP contribution < -0.4 is 0 Å². The summed E-state index contributed by atoms with van der Waals surface area (Å²) in [6.45, 7) is 24.5. The van der Waals surface area contributed by atoms with Gasteiger partial charge in [0.05, 0.1) is 22.3 Å². The molecule has 0 aliphatic carbocycles. The van der Waals surface area contributed by atoms with Crippen LogP contribution in [0.4, 0.5) is 0 Å². The second kappa shape index (κ2) is 17.4. The zero-order valence-corrected chi connectivity index (χ0v) is 43.8. The van der Waals surface area contributed by atoms with Crippen LogP contribution in [0.3, 0.4) is 0 Å². The first-order chi connectivity index (χ1) is 32.3. The monoisotopic (exact) mass is 1090 g/mol. The van der Waals surface area contributed by atoms with Crippen LogP contribution >= 0.6 is 0 Å². The van der Waals surface area contributed by atoms with E-state index in [0.29, 0.717) is 11.4 Å². The molecule has 0 unspecified atom stereocenters. The van der Waals surface area contributed by atoms with Crippen molar-refractivity contribution in [1.82, 2.24) is 14.5 Å². The number of nitrogens with zero attached hydrogens (tertiary/aromatic N) is 3. The number of phenolic OH excluding ortho intramolecular Hbond substituents is 1. The van der Waals surface area contributed by atoms with E-state index in [2.05, 4.69) is 214 Å². The molecule has 5 nitrogen and oxygen atoms in total. The van der Waals surface area contributed by atoms with Crippen molar-refractivity contribution in [2.75, 3.05) is 0 Å². The maximum absolute atomic E-state index is 12.6. The van der Waals surface area contributed by atoms with E-state index in [1.165, 1.54) is 11.1 Å². The average Bonchev–Trinajstić information content (AvgIpc) is 3.90. The van der Waals surface area contributed by atoms with Crippen molar-refractivity contribution in [3.05, 3.63) is 192 Å². The number of aromatic nitrogens is 3. The molecule has 350 valence electrons. The standard InChI is InChI=1S/C63H60N3O2.Pt/c1-60(2,3)43-29-30-52(49(36-43)39-21-14-12-15-22-39)66-53-27-20-26-46(56(53)65-59(66)50-37-44(61(4,5)6)38-51(57(50)67)62(7,8)9)40-33-41(35-45(34-40)63(10,11)42-23-16-13-17-24-42)55-58-48(31-32-64-55)47-25-18-19-28-54(47)68-58;/h12-32,34-38,67H,1-11H3;/q-1;. The molecule has 0 bridgehead atoms.